The number of halogens is 2. The lowest BCUT2D eigenvalue weighted by molar-refractivity contribution is -0.115. The second-order valence-electron chi connectivity index (χ2n) is 9.51. The van der Waals surface area contributed by atoms with E-state index in [1.165, 1.54) is 12.1 Å². The Morgan fingerprint density at radius 2 is 1.76 bits per heavy atom. The van der Waals surface area contributed by atoms with Crippen LogP contribution in [0.15, 0.2) is 45.8 Å². The van der Waals surface area contributed by atoms with E-state index in [1.807, 2.05) is 0 Å². The maximum absolute atomic E-state index is 12.7. The lowest BCUT2D eigenvalue weighted by atomic mass is 9.94. The summed E-state index contributed by atoms with van der Waals surface area (Å²) in [6.07, 6.45) is 3.38. The van der Waals surface area contributed by atoms with Crippen molar-refractivity contribution < 1.29 is 22.5 Å². The highest BCUT2D eigenvalue weighted by atomic mass is 35.5. The van der Waals surface area contributed by atoms with Crippen LogP contribution in [-0.2, 0) is 31.2 Å². The van der Waals surface area contributed by atoms with Crippen LogP contribution in [0.25, 0.3) is 0 Å². The molecule has 2 aromatic carbocycles. The Kier molecular flexibility index (Phi) is 7.33. The Bertz CT molecular complexity index is 1390. The summed E-state index contributed by atoms with van der Waals surface area (Å²) in [6, 6.07) is 9.67. The van der Waals surface area contributed by atoms with Crippen molar-refractivity contribution in [2.45, 2.75) is 55.3 Å². The minimum atomic E-state index is -3.29. The predicted molar refractivity (Wildman–Crippen MR) is 140 cm³/mol. The monoisotopic (exact) mass is 563 g/mol. The average Bonchev–Trinajstić information content (AvgIpc) is 3.50. The van der Waals surface area contributed by atoms with Gasteiger partial charge >= 0.3 is 0 Å². The molecule has 0 atom stereocenters. The van der Waals surface area contributed by atoms with Gasteiger partial charge < -0.3 is 14.6 Å². The summed E-state index contributed by atoms with van der Waals surface area (Å²) in [5, 5.41) is 7.95. The van der Waals surface area contributed by atoms with E-state index in [2.05, 4.69) is 10.5 Å². The molecule has 1 saturated heterocycles. The van der Waals surface area contributed by atoms with E-state index in [9.17, 15) is 13.2 Å². The van der Waals surface area contributed by atoms with Crippen molar-refractivity contribution >= 4 is 44.6 Å². The maximum atomic E-state index is 12.7. The van der Waals surface area contributed by atoms with Gasteiger partial charge in [-0.3, -0.25) is 4.79 Å². The Morgan fingerprint density at radius 1 is 1.11 bits per heavy atom. The number of ether oxygens (including phenoxy) is 1. The highest BCUT2D eigenvalue weighted by Crippen LogP contribution is 2.57. The van der Waals surface area contributed by atoms with Gasteiger partial charge in [-0.25, -0.2) is 8.42 Å². The molecule has 11 heteroatoms. The van der Waals surface area contributed by atoms with Gasteiger partial charge in [0.05, 0.1) is 22.5 Å². The minimum Gasteiger partial charge on any atom is -0.381 e. The SMILES string of the molecule is CCS(=O)(=O)c1ccc(CC(=O)Nc2cc(Cl)c(C3(c4noc(C5CCOCC5)n4)CC3)c(Cl)c2)cc1. The van der Waals surface area contributed by atoms with E-state index in [0.29, 0.717) is 46.2 Å². The van der Waals surface area contributed by atoms with Gasteiger partial charge in [0.2, 0.25) is 11.8 Å². The third-order valence-corrected chi connectivity index (χ3v) is 9.37. The van der Waals surface area contributed by atoms with Gasteiger partial charge in [0.25, 0.3) is 0 Å². The molecule has 1 aliphatic carbocycles. The Labute approximate surface area is 225 Å². The van der Waals surface area contributed by atoms with E-state index in [0.717, 1.165) is 31.2 Å². The van der Waals surface area contributed by atoms with Gasteiger partial charge in [-0.15, -0.1) is 0 Å². The Morgan fingerprint density at radius 3 is 2.35 bits per heavy atom. The molecular weight excluding hydrogens is 537 g/mol. The van der Waals surface area contributed by atoms with Crippen molar-refractivity contribution in [1.82, 2.24) is 10.1 Å². The van der Waals surface area contributed by atoms with E-state index < -0.39 is 15.3 Å². The van der Waals surface area contributed by atoms with Crippen LogP contribution in [-0.4, -0.2) is 43.4 Å². The number of hydrogen-bond donors (Lipinski definition) is 1. The molecule has 3 aromatic rings. The zero-order valence-corrected chi connectivity index (χ0v) is 22.6. The van der Waals surface area contributed by atoms with Crippen LogP contribution in [0.1, 0.15) is 61.4 Å². The molecule has 1 saturated carbocycles. The summed E-state index contributed by atoms with van der Waals surface area (Å²) in [5.41, 5.74) is 1.40. The molecule has 0 spiro atoms. The summed E-state index contributed by atoms with van der Waals surface area (Å²) in [6.45, 7) is 2.96. The standard InChI is InChI=1S/C26H27Cl2N3O5S/c1-2-37(33,34)19-5-3-16(4-6-19)13-22(32)29-18-14-20(27)23(21(28)15-18)26(9-10-26)25-30-24(36-31-25)17-7-11-35-12-8-17/h3-6,14-15,17H,2,7-13H2,1H3,(H,29,32). The molecule has 1 aliphatic heterocycles. The molecule has 0 radical (unpaired) electrons. The highest BCUT2D eigenvalue weighted by Gasteiger charge is 2.52. The number of nitrogens with zero attached hydrogens (tertiary/aromatic N) is 2. The van der Waals surface area contributed by atoms with Crippen molar-refractivity contribution in [3.05, 3.63) is 69.3 Å². The first-order valence-corrected chi connectivity index (χ1v) is 14.7. The van der Waals surface area contributed by atoms with Crippen molar-refractivity contribution in [2.24, 2.45) is 0 Å². The van der Waals surface area contributed by atoms with Crippen LogP contribution in [0.4, 0.5) is 5.69 Å². The summed E-state index contributed by atoms with van der Waals surface area (Å²) in [4.78, 5) is 17.6. The first-order chi connectivity index (χ1) is 17.7. The van der Waals surface area contributed by atoms with Gasteiger partial charge in [0.1, 0.15) is 0 Å². The van der Waals surface area contributed by atoms with Crippen molar-refractivity contribution in [1.29, 1.82) is 0 Å². The molecule has 0 unspecified atom stereocenters. The van der Waals surface area contributed by atoms with Crippen LogP contribution >= 0.6 is 23.2 Å². The molecular formula is C26H27Cl2N3O5S. The van der Waals surface area contributed by atoms with Crippen molar-refractivity contribution in [3.8, 4) is 0 Å². The molecule has 2 aliphatic rings. The van der Waals surface area contributed by atoms with E-state index in [4.69, 9.17) is 37.4 Å². The van der Waals surface area contributed by atoms with Gasteiger partial charge in [-0.05, 0) is 55.5 Å². The quantitative estimate of drug-likeness (QED) is 0.394. The fourth-order valence-corrected chi connectivity index (χ4v) is 6.46. The summed E-state index contributed by atoms with van der Waals surface area (Å²) in [7, 11) is -3.29. The van der Waals surface area contributed by atoms with Crippen LogP contribution in [0.5, 0.6) is 0 Å². The number of nitrogens with one attached hydrogen (secondary N) is 1. The number of carbonyl (C=O) groups excluding carboxylic acids is 1. The van der Waals surface area contributed by atoms with Crippen molar-refractivity contribution in [3.63, 3.8) is 0 Å². The van der Waals surface area contributed by atoms with Crippen LogP contribution in [0.3, 0.4) is 0 Å². The van der Waals surface area contributed by atoms with E-state index in [1.54, 1.807) is 31.2 Å². The summed E-state index contributed by atoms with van der Waals surface area (Å²) >= 11 is 13.4. The van der Waals surface area contributed by atoms with Crippen LogP contribution in [0.2, 0.25) is 10.0 Å². The van der Waals surface area contributed by atoms with Crippen LogP contribution < -0.4 is 5.32 Å². The van der Waals surface area contributed by atoms with E-state index in [-0.39, 0.29) is 28.9 Å². The van der Waals surface area contributed by atoms with Gasteiger partial charge in [-0.2, -0.15) is 4.98 Å². The first-order valence-electron chi connectivity index (χ1n) is 12.2. The normalized spacial score (nSPS) is 17.5. The lowest BCUT2D eigenvalue weighted by Gasteiger charge is -2.18. The number of hydrogen-bond acceptors (Lipinski definition) is 7. The molecule has 196 valence electrons. The molecule has 2 heterocycles. The Hall–Kier alpha value is -2.46. The number of anilines is 1. The average molecular weight is 564 g/mol. The maximum Gasteiger partial charge on any atom is 0.229 e. The number of benzene rings is 2. The zero-order valence-electron chi connectivity index (χ0n) is 20.3. The molecule has 37 heavy (non-hydrogen) atoms. The van der Waals surface area contributed by atoms with E-state index >= 15 is 0 Å². The van der Waals surface area contributed by atoms with Crippen LogP contribution in [0, 0.1) is 0 Å². The molecule has 0 bridgehead atoms. The van der Waals surface area contributed by atoms with Crippen molar-refractivity contribution in [2.75, 3.05) is 24.3 Å². The highest BCUT2D eigenvalue weighted by molar-refractivity contribution is 7.91. The van der Waals surface area contributed by atoms with Gasteiger partial charge in [0, 0.05) is 40.4 Å². The molecule has 1 aromatic heterocycles. The molecule has 1 N–H and O–H groups in total. The molecule has 1 amide bonds. The topological polar surface area (TPSA) is 111 Å². The third kappa shape index (κ3) is 5.41. The fraction of sp³-hybridized carbons (Fsp3) is 0.423. The number of rotatable bonds is 8. The smallest absolute Gasteiger partial charge is 0.229 e. The fourth-order valence-electron chi connectivity index (χ4n) is 4.72. The number of sulfone groups is 1. The molecule has 5 rings (SSSR count). The number of carbonyl (C=O) groups is 1. The summed E-state index contributed by atoms with van der Waals surface area (Å²) in [5.74, 6) is 1.16. The predicted octanol–water partition coefficient (Wildman–Crippen LogP) is 5.33. The minimum absolute atomic E-state index is 0.0233. The largest absolute Gasteiger partial charge is 0.381 e. The first kappa shape index (κ1) is 26.2. The number of amides is 1. The Balaban J connectivity index is 1.29. The number of aromatic nitrogens is 2. The lowest BCUT2D eigenvalue weighted by Crippen LogP contribution is -2.17. The zero-order chi connectivity index (χ0) is 26.2. The van der Waals surface area contributed by atoms with Gasteiger partial charge in [-0.1, -0.05) is 47.4 Å². The molecule has 2 fully saturated rings. The second-order valence-corrected chi connectivity index (χ2v) is 12.6. The third-order valence-electron chi connectivity index (χ3n) is 7.02. The second kappa shape index (κ2) is 10.4. The molecule has 8 nitrogen and oxygen atoms in total. The van der Waals surface area contributed by atoms with Gasteiger partial charge in [0.15, 0.2) is 15.7 Å². The summed E-state index contributed by atoms with van der Waals surface area (Å²) < 4.78 is 35.0.